The van der Waals surface area contributed by atoms with E-state index in [1.165, 1.54) is 22.0 Å². The standard InChI is InChI=1S/C22H20N2O/c1-21(2)17-10-6-7-11-19(17)24(3)22(21)14-23-18-12-15-8-4-5-9-16(15)13-20(18)25-22/h4-14H,1-3H3. The van der Waals surface area contributed by atoms with E-state index in [0.29, 0.717) is 0 Å². The topological polar surface area (TPSA) is 24.8 Å². The molecule has 1 spiro atoms. The maximum atomic E-state index is 6.68. The van der Waals surface area contributed by atoms with Crippen molar-refractivity contribution in [3.05, 3.63) is 66.2 Å². The smallest absolute Gasteiger partial charge is 0.228 e. The Hall–Kier alpha value is -2.81. The monoisotopic (exact) mass is 328 g/mol. The Morgan fingerprint density at radius 1 is 0.920 bits per heavy atom. The van der Waals surface area contributed by atoms with Crippen LogP contribution in [0.1, 0.15) is 19.4 Å². The molecule has 0 aromatic heterocycles. The summed E-state index contributed by atoms with van der Waals surface area (Å²) in [4.78, 5) is 7.03. The van der Waals surface area contributed by atoms with Crippen molar-refractivity contribution < 1.29 is 4.74 Å². The second-order valence-corrected chi connectivity index (χ2v) is 7.42. The number of anilines is 1. The molecule has 3 heteroatoms. The number of likely N-dealkylation sites (N-methyl/N-ethyl adjacent to an activating group) is 1. The van der Waals surface area contributed by atoms with Crippen LogP contribution in [0.4, 0.5) is 11.4 Å². The second kappa shape index (κ2) is 4.63. The third-order valence-electron chi connectivity index (χ3n) is 5.80. The molecule has 0 radical (unpaired) electrons. The first-order valence-corrected chi connectivity index (χ1v) is 8.63. The molecule has 0 saturated heterocycles. The van der Waals surface area contributed by atoms with Gasteiger partial charge in [0.2, 0.25) is 5.72 Å². The molecule has 1 unspecified atom stereocenters. The molecular formula is C22H20N2O. The van der Waals surface area contributed by atoms with Crippen LogP contribution in [0.3, 0.4) is 0 Å². The predicted molar refractivity (Wildman–Crippen MR) is 103 cm³/mol. The van der Waals surface area contributed by atoms with Crippen molar-refractivity contribution in [3.8, 4) is 5.75 Å². The summed E-state index contributed by atoms with van der Waals surface area (Å²) in [6, 6.07) is 21.0. The molecule has 0 saturated carbocycles. The Balaban J connectivity index is 1.70. The van der Waals surface area contributed by atoms with E-state index >= 15 is 0 Å². The van der Waals surface area contributed by atoms with Gasteiger partial charge in [0, 0.05) is 12.7 Å². The molecule has 5 rings (SSSR count). The van der Waals surface area contributed by atoms with E-state index in [1.807, 2.05) is 12.3 Å². The van der Waals surface area contributed by atoms with Crippen molar-refractivity contribution in [1.82, 2.24) is 0 Å². The van der Waals surface area contributed by atoms with Gasteiger partial charge >= 0.3 is 0 Å². The minimum Gasteiger partial charge on any atom is -0.459 e. The van der Waals surface area contributed by atoms with Crippen molar-refractivity contribution >= 4 is 28.4 Å². The van der Waals surface area contributed by atoms with Crippen LogP contribution in [0.15, 0.2) is 65.7 Å². The molecule has 0 amide bonds. The lowest BCUT2D eigenvalue weighted by molar-refractivity contribution is 0.0826. The Morgan fingerprint density at radius 3 is 2.36 bits per heavy atom. The number of aliphatic imine (C=N–C) groups is 1. The maximum Gasteiger partial charge on any atom is 0.228 e. The van der Waals surface area contributed by atoms with E-state index in [4.69, 9.17) is 9.73 Å². The summed E-state index contributed by atoms with van der Waals surface area (Å²) in [5.41, 5.74) is 2.54. The third kappa shape index (κ3) is 1.73. The van der Waals surface area contributed by atoms with Crippen LogP contribution in [-0.2, 0) is 5.41 Å². The van der Waals surface area contributed by atoms with Crippen molar-refractivity contribution in [2.75, 3.05) is 11.9 Å². The minimum absolute atomic E-state index is 0.217. The number of ether oxygens (including phenoxy) is 1. The first-order valence-electron chi connectivity index (χ1n) is 8.63. The highest BCUT2D eigenvalue weighted by Gasteiger charge is 2.58. The van der Waals surface area contributed by atoms with Gasteiger partial charge in [0.15, 0.2) is 0 Å². The molecule has 2 heterocycles. The van der Waals surface area contributed by atoms with Crippen molar-refractivity contribution in [2.45, 2.75) is 25.0 Å². The summed E-state index contributed by atoms with van der Waals surface area (Å²) < 4.78 is 6.68. The van der Waals surface area contributed by atoms with Gasteiger partial charge in [-0.05, 0) is 48.4 Å². The molecule has 0 bridgehead atoms. The Morgan fingerprint density at radius 2 is 1.60 bits per heavy atom. The normalized spacial score (nSPS) is 22.8. The average molecular weight is 328 g/mol. The van der Waals surface area contributed by atoms with Gasteiger partial charge < -0.3 is 9.64 Å². The number of hydrogen-bond acceptors (Lipinski definition) is 3. The van der Waals surface area contributed by atoms with Gasteiger partial charge in [0.05, 0.1) is 11.6 Å². The molecule has 2 aliphatic heterocycles. The molecule has 0 fully saturated rings. The van der Waals surface area contributed by atoms with Crippen LogP contribution < -0.4 is 9.64 Å². The molecule has 124 valence electrons. The Labute approximate surface area is 147 Å². The van der Waals surface area contributed by atoms with Gasteiger partial charge in [-0.3, -0.25) is 4.99 Å². The van der Waals surface area contributed by atoms with Gasteiger partial charge in [-0.2, -0.15) is 0 Å². The number of fused-ring (bicyclic) bond motifs is 3. The largest absolute Gasteiger partial charge is 0.459 e. The molecule has 3 nitrogen and oxygen atoms in total. The SMILES string of the molecule is CN1c2ccccc2C(C)(C)C12C=Nc1cc3ccccc3cc1O2. The van der Waals surface area contributed by atoms with Gasteiger partial charge in [-0.25, -0.2) is 0 Å². The molecule has 0 N–H and O–H groups in total. The fourth-order valence-corrected chi connectivity index (χ4v) is 4.27. The summed E-state index contributed by atoms with van der Waals surface area (Å²) in [6.07, 6.45) is 1.98. The number of para-hydroxylation sites is 1. The highest BCUT2D eigenvalue weighted by molar-refractivity contribution is 5.93. The number of hydrogen-bond donors (Lipinski definition) is 0. The molecule has 0 aliphatic carbocycles. The zero-order valence-corrected chi connectivity index (χ0v) is 14.7. The summed E-state index contributed by atoms with van der Waals surface area (Å²) >= 11 is 0. The van der Waals surface area contributed by atoms with E-state index in [0.717, 1.165) is 11.4 Å². The van der Waals surface area contributed by atoms with E-state index in [9.17, 15) is 0 Å². The number of nitrogens with zero attached hydrogens (tertiary/aromatic N) is 2. The van der Waals surface area contributed by atoms with Crippen molar-refractivity contribution in [2.24, 2.45) is 4.99 Å². The van der Waals surface area contributed by atoms with Gasteiger partial charge in [-0.1, -0.05) is 42.5 Å². The van der Waals surface area contributed by atoms with Crippen LogP contribution in [0.2, 0.25) is 0 Å². The van der Waals surface area contributed by atoms with Crippen LogP contribution >= 0.6 is 0 Å². The van der Waals surface area contributed by atoms with Gasteiger partial charge in [0.1, 0.15) is 11.4 Å². The summed E-state index contributed by atoms with van der Waals surface area (Å²) in [5.74, 6) is 0.842. The van der Waals surface area contributed by atoms with E-state index in [-0.39, 0.29) is 5.41 Å². The van der Waals surface area contributed by atoms with Crippen LogP contribution in [0.25, 0.3) is 10.8 Å². The maximum absolute atomic E-state index is 6.68. The zero-order chi connectivity index (χ0) is 17.2. The zero-order valence-electron chi connectivity index (χ0n) is 14.7. The van der Waals surface area contributed by atoms with Crippen LogP contribution in [-0.4, -0.2) is 19.0 Å². The molecule has 25 heavy (non-hydrogen) atoms. The molecule has 1 atom stereocenters. The fraction of sp³-hybridized carbons (Fsp3) is 0.227. The van der Waals surface area contributed by atoms with Crippen LogP contribution in [0, 0.1) is 0 Å². The summed E-state index contributed by atoms with van der Waals surface area (Å²) in [7, 11) is 2.09. The highest BCUT2D eigenvalue weighted by Crippen LogP contribution is 2.53. The lowest BCUT2D eigenvalue weighted by atomic mass is 9.77. The van der Waals surface area contributed by atoms with Crippen molar-refractivity contribution in [3.63, 3.8) is 0 Å². The number of benzene rings is 3. The molecule has 2 aliphatic rings. The summed E-state index contributed by atoms with van der Waals surface area (Å²) in [6.45, 7) is 4.46. The highest BCUT2D eigenvalue weighted by atomic mass is 16.5. The van der Waals surface area contributed by atoms with E-state index in [2.05, 4.69) is 80.4 Å². The first kappa shape index (κ1) is 14.5. The van der Waals surface area contributed by atoms with Crippen molar-refractivity contribution in [1.29, 1.82) is 0 Å². The van der Waals surface area contributed by atoms with Gasteiger partial charge in [-0.15, -0.1) is 0 Å². The Bertz CT molecular complexity index is 1040. The molecule has 3 aromatic rings. The second-order valence-electron chi connectivity index (χ2n) is 7.42. The summed E-state index contributed by atoms with van der Waals surface area (Å²) in [5, 5.41) is 2.35. The van der Waals surface area contributed by atoms with E-state index < -0.39 is 5.72 Å². The lowest BCUT2D eigenvalue weighted by Gasteiger charge is -2.44. The number of rotatable bonds is 0. The van der Waals surface area contributed by atoms with E-state index in [1.54, 1.807) is 0 Å². The van der Waals surface area contributed by atoms with Crippen LogP contribution in [0.5, 0.6) is 5.75 Å². The fourth-order valence-electron chi connectivity index (χ4n) is 4.27. The lowest BCUT2D eigenvalue weighted by Crippen LogP contribution is -2.61. The average Bonchev–Trinajstić information content (AvgIpc) is 2.79. The quantitative estimate of drug-likeness (QED) is 0.576. The van der Waals surface area contributed by atoms with Gasteiger partial charge in [0.25, 0.3) is 0 Å². The molecular weight excluding hydrogens is 308 g/mol. The minimum atomic E-state index is -0.619. The third-order valence-corrected chi connectivity index (χ3v) is 5.80. The Kier molecular flexibility index (Phi) is 2.69. The predicted octanol–water partition coefficient (Wildman–Crippen LogP) is 5.06. The molecule has 3 aromatic carbocycles. The first-order chi connectivity index (χ1) is 12.0.